The summed E-state index contributed by atoms with van der Waals surface area (Å²) in [5, 5.41) is 4.63. The van der Waals surface area contributed by atoms with Crippen molar-refractivity contribution >= 4 is 34.3 Å². The van der Waals surface area contributed by atoms with Crippen LogP contribution in [0.4, 0.5) is 0 Å². The molecule has 0 spiro atoms. The van der Waals surface area contributed by atoms with Gasteiger partial charge in [-0.05, 0) is 20.6 Å². The van der Waals surface area contributed by atoms with Crippen molar-refractivity contribution in [3.8, 4) is 0 Å². The first-order chi connectivity index (χ1) is 14.5. The average Bonchev–Trinajstić information content (AvgIpc) is 3.15. The summed E-state index contributed by atoms with van der Waals surface area (Å²) in [6.07, 6.45) is 0. The van der Waals surface area contributed by atoms with Crippen molar-refractivity contribution < 1.29 is 89.1 Å². The van der Waals surface area contributed by atoms with Gasteiger partial charge < -0.3 is 46.4 Å². The SMILES string of the molecule is CC(C)(C)P(c1ccc[c-]1P(C(C)(C)C)C(C)(C)C)C(C)(C)C.O=P(O)(O)O.[Fe].[H-].[K+].[cH-]1[cH-][cH-][cH-][cH-]1. The number of rotatable bonds is 2. The van der Waals surface area contributed by atoms with E-state index in [-0.39, 0.29) is 85.7 Å². The summed E-state index contributed by atoms with van der Waals surface area (Å²) < 4.78 is 8.88. The van der Waals surface area contributed by atoms with Gasteiger partial charge in [0.05, 0.1) is 0 Å². The van der Waals surface area contributed by atoms with E-state index in [1.54, 1.807) is 10.6 Å². The molecule has 0 aliphatic rings. The maximum Gasteiger partial charge on any atom is 1.00 e. The van der Waals surface area contributed by atoms with Crippen molar-refractivity contribution in [2.75, 3.05) is 0 Å². The smallest absolute Gasteiger partial charge is 1.00 e. The summed E-state index contributed by atoms with van der Waals surface area (Å²) in [4.78, 5) is 21.6. The quantitative estimate of drug-likeness (QED) is 0.267. The van der Waals surface area contributed by atoms with Gasteiger partial charge in [0, 0.05) is 17.1 Å². The molecule has 0 heterocycles. The van der Waals surface area contributed by atoms with Crippen LogP contribution < -0.4 is 62.0 Å². The van der Waals surface area contributed by atoms with Gasteiger partial charge in [-0.2, -0.15) is 6.07 Å². The standard InChI is InChI=1S/C21H39P2.C5H5.Fe.K.H3O4P.H/c1-18(2,3)22(19(4,5)6)16-14-13-15-17(16)23(20(7,8)9)21(10,11)12;1-2-4-5-3-1;;;1-5(2,3)4;/h13-15H,1-12H3;1-5H;;;(H3,1,2,3,4);/q-1;-5;;+1;;-1. The van der Waals surface area contributed by atoms with E-state index in [4.69, 9.17) is 19.2 Å². The summed E-state index contributed by atoms with van der Waals surface area (Å²) in [6, 6.07) is 17.2. The zero-order chi connectivity index (χ0) is 26.5. The fourth-order valence-electron chi connectivity index (χ4n) is 4.56. The molecule has 0 saturated carbocycles. The van der Waals surface area contributed by atoms with Crippen LogP contribution in [-0.4, -0.2) is 35.3 Å². The minimum atomic E-state index is -4.64. The minimum absolute atomic E-state index is 0. The van der Waals surface area contributed by atoms with E-state index in [1.807, 2.05) is 30.3 Å². The number of phosphoric acid groups is 1. The molecule has 0 unspecified atom stereocenters. The van der Waals surface area contributed by atoms with E-state index in [0.717, 1.165) is 0 Å². The molecule has 0 atom stereocenters. The van der Waals surface area contributed by atoms with Crippen molar-refractivity contribution in [3.05, 3.63) is 48.5 Å². The van der Waals surface area contributed by atoms with Gasteiger partial charge in [-0.3, -0.25) is 0 Å². The molecule has 4 nitrogen and oxygen atoms in total. The van der Waals surface area contributed by atoms with E-state index < -0.39 is 7.82 Å². The summed E-state index contributed by atoms with van der Waals surface area (Å²) in [6.45, 7) is 29.1. The Kier molecular flexibility index (Phi) is 19.1. The predicted octanol–water partition coefficient (Wildman–Crippen LogP) is 4.40. The monoisotopic (exact) mass is 612 g/mol. The molecule has 0 amide bonds. The summed E-state index contributed by atoms with van der Waals surface area (Å²) >= 11 is 0. The molecule has 0 radical (unpaired) electrons. The summed E-state index contributed by atoms with van der Waals surface area (Å²) in [5.74, 6) is 0. The van der Waals surface area contributed by atoms with Gasteiger partial charge >= 0.3 is 59.2 Å². The molecule has 0 saturated heterocycles. The Bertz CT molecular complexity index is 756. The first kappa shape index (κ1) is 41.3. The number of hydrogen-bond donors (Lipinski definition) is 3. The summed E-state index contributed by atoms with van der Waals surface area (Å²) in [7, 11) is -5.10. The van der Waals surface area contributed by atoms with Gasteiger partial charge in [-0.15, -0.1) is 18.5 Å². The van der Waals surface area contributed by atoms with Crippen LogP contribution in [0.15, 0.2) is 48.5 Å². The Labute approximate surface area is 272 Å². The largest absolute Gasteiger partial charge is 1.00 e. The van der Waals surface area contributed by atoms with E-state index in [2.05, 4.69) is 101 Å². The Morgan fingerprint density at radius 3 is 1.26 bits per heavy atom. The molecule has 2 aromatic carbocycles. The first-order valence-electron chi connectivity index (χ1n) is 11.3. The molecule has 0 fully saturated rings. The Balaban J connectivity index is -0.000000330. The number of hydrogen-bond acceptors (Lipinski definition) is 1. The third-order valence-corrected chi connectivity index (χ3v) is 11.8. The molecule has 0 bridgehead atoms. The molecule has 2 aromatic rings. The van der Waals surface area contributed by atoms with E-state index in [0.29, 0.717) is 20.6 Å². The van der Waals surface area contributed by atoms with E-state index in [9.17, 15) is 0 Å². The normalized spacial score (nSPS) is 12.6. The van der Waals surface area contributed by atoms with Crippen molar-refractivity contribution in [1.82, 2.24) is 0 Å². The van der Waals surface area contributed by atoms with Crippen LogP contribution in [-0.2, 0) is 21.6 Å². The molecule has 3 N–H and O–H groups in total. The molecule has 35 heavy (non-hydrogen) atoms. The van der Waals surface area contributed by atoms with Gasteiger partial charge in [-0.25, -0.2) is 16.7 Å². The second-order valence-electron chi connectivity index (χ2n) is 12.1. The van der Waals surface area contributed by atoms with Gasteiger partial charge in [0.1, 0.15) is 0 Å². The van der Waals surface area contributed by atoms with Crippen LogP contribution >= 0.6 is 23.7 Å². The van der Waals surface area contributed by atoms with Crippen molar-refractivity contribution in [2.45, 2.75) is 104 Å². The van der Waals surface area contributed by atoms with Crippen LogP contribution in [0.25, 0.3) is 0 Å². The minimum Gasteiger partial charge on any atom is -1.00 e. The zero-order valence-corrected chi connectivity index (χ0v) is 31.0. The van der Waals surface area contributed by atoms with Gasteiger partial charge in [0.15, 0.2) is 0 Å². The molecule has 2 rings (SSSR count). The van der Waals surface area contributed by atoms with Crippen molar-refractivity contribution in [3.63, 3.8) is 0 Å². The Morgan fingerprint density at radius 2 is 1.03 bits per heavy atom. The van der Waals surface area contributed by atoms with E-state index in [1.165, 1.54) is 0 Å². The van der Waals surface area contributed by atoms with E-state index >= 15 is 0 Å². The Hall–Kier alpha value is 1.83. The van der Waals surface area contributed by atoms with Gasteiger partial charge in [0.25, 0.3) is 0 Å². The predicted molar refractivity (Wildman–Crippen MR) is 152 cm³/mol. The van der Waals surface area contributed by atoms with Crippen LogP contribution in [0, 0.1) is 0 Å². The average molecular weight is 613 g/mol. The molecular formula is C26H48FeKO4P3-6. The van der Waals surface area contributed by atoms with Crippen molar-refractivity contribution in [2.24, 2.45) is 0 Å². The molecule has 0 aliphatic carbocycles. The molecular weight excluding hydrogens is 564 g/mol. The fourth-order valence-corrected chi connectivity index (χ4v) is 13.2. The molecule has 9 heteroatoms. The van der Waals surface area contributed by atoms with Crippen LogP contribution in [0.2, 0.25) is 0 Å². The second-order valence-corrected chi connectivity index (χ2v) is 20.8. The van der Waals surface area contributed by atoms with Gasteiger partial charge in [0.2, 0.25) is 0 Å². The fraction of sp³-hybridized carbons (Fsp3) is 0.615. The molecule has 206 valence electrons. The maximum absolute atomic E-state index is 8.88. The topological polar surface area (TPSA) is 77.8 Å². The van der Waals surface area contributed by atoms with Crippen molar-refractivity contribution in [1.29, 1.82) is 0 Å². The third kappa shape index (κ3) is 17.2. The molecule has 0 aliphatic heterocycles. The maximum atomic E-state index is 8.88. The summed E-state index contributed by atoms with van der Waals surface area (Å²) in [5.41, 5.74) is 0. The van der Waals surface area contributed by atoms with Crippen LogP contribution in [0.5, 0.6) is 0 Å². The Morgan fingerprint density at radius 1 is 0.743 bits per heavy atom. The van der Waals surface area contributed by atoms with Gasteiger partial charge in [-0.1, -0.05) is 91.0 Å². The van der Waals surface area contributed by atoms with Crippen LogP contribution in [0.1, 0.15) is 84.5 Å². The molecule has 0 aromatic heterocycles. The third-order valence-electron chi connectivity index (χ3n) is 4.49. The second kappa shape index (κ2) is 16.2. The first-order valence-corrected chi connectivity index (χ1v) is 15.5. The van der Waals surface area contributed by atoms with Crippen LogP contribution in [0.3, 0.4) is 0 Å². The zero-order valence-electron chi connectivity index (χ0n) is 25.1.